The number of benzene rings is 1. The quantitative estimate of drug-likeness (QED) is 0.641. The van der Waals surface area contributed by atoms with Gasteiger partial charge in [-0.25, -0.2) is 4.39 Å². The van der Waals surface area contributed by atoms with Crippen LogP contribution in [-0.4, -0.2) is 12.6 Å². The average molecular weight is 232 g/mol. The van der Waals surface area contributed by atoms with E-state index in [-0.39, 0.29) is 29.3 Å². The van der Waals surface area contributed by atoms with Gasteiger partial charge in [-0.3, -0.25) is 4.79 Å². The Morgan fingerprint density at radius 1 is 1.60 bits per heavy atom. The molecule has 82 valence electrons. The van der Waals surface area contributed by atoms with Crippen molar-refractivity contribution in [3.8, 4) is 0 Å². The van der Waals surface area contributed by atoms with Crippen LogP contribution in [0.5, 0.6) is 0 Å². The summed E-state index contributed by atoms with van der Waals surface area (Å²) in [5.74, 6) is -1.07. The Balaban J connectivity index is 2.93. The van der Waals surface area contributed by atoms with Gasteiger partial charge in [0.2, 0.25) is 0 Å². The molecule has 5 heteroatoms. The van der Waals surface area contributed by atoms with Crippen LogP contribution >= 0.6 is 11.6 Å². The van der Waals surface area contributed by atoms with Crippen molar-refractivity contribution in [3.63, 3.8) is 0 Å². The van der Waals surface area contributed by atoms with Crippen molar-refractivity contribution in [1.29, 1.82) is 0 Å². The molecule has 0 radical (unpaired) electrons. The molecular weight excluding hydrogens is 221 g/mol. The van der Waals surface area contributed by atoms with Crippen molar-refractivity contribution < 1.29 is 13.9 Å². The van der Waals surface area contributed by atoms with Gasteiger partial charge in [-0.05, 0) is 19.1 Å². The van der Waals surface area contributed by atoms with Crippen LogP contribution < -0.4 is 5.73 Å². The first-order valence-electron chi connectivity index (χ1n) is 4.44. The molecule has 0 spiro atoms. The summed E-state index contributed by atoms with van der Waals surface area (Å²) >= 11 is 5.70. The third kappa shape index (κ3) is 2.83. The number of carbonyl (C=O) groups is 1. The van der Waals surface area contributed by atoms with E-state index in [9.17, 15) is 9.18 Å². The molecule has 0 aliphatic heterocycles. The normalized spacial score (nSPS) is 10.1. The van der Waals surface area contributed by atoms with Gasteiger partial charge in [0, 0.05) is 5.56 Å². The molecule has 0 atom stereocenters. The van der Waals surface area contributed by atoms with Gasteiger partial charge < -0.3 is 10.5 Å². The molecular formula is C10H11ClFNO2. The number of carbonyl (C=O) groups excluding carboxylic acids is 1. The predicted octanol–water partition coefficient (Wildman–Crippen LogP) is 2.17. The number of nitrogens with two attached hydrogens (primary N) is 1. The lowest BCUT2D eigenvalue weighted by Crippen LogP contribution is -2.11. The Morgan fingerprint density at radius 3 is 2.87 bits per heavy atom. The largest absolute Gasteiger partial charge is 0.466 e. The zero-order valence-corrected chi connectivity index (χ0v) is 8.97. The van der Waals surface area contributed by atoms with Gasteiger partial charge in [0.15, 0.2) is 0 Å². The lowest BCUT2D eigenvalue weighted by molar-refractivity contribution is -0.142. The van der Waals surface area contributed by atoms with Crippen LogP contribution in [0.1, 0.15) is 12.5 Å². The number of rotatable bonds is 3. The molecule has 1 rings (SSSR count). The smallest absolute Gasteiger partial charge is 0.310 e. The topological polar surface area (TPSA) is 52.3 Å². The van der Waals surface area contributed by atoms with Gasteiger partial charge in [0.25, 0.3) is 0 Å². The van der Waals surface area contributed by atoms with Gasteiger partial charge in [-0.1, -0.05) is 11.6 Å². The monoisotopic (exact) mass is 231 g/mol. The molecule has 0 saturated heterocycles. The Kier molecular flexibility index (Phi) is 3.91. The highest BCUT2D eigenvalue weighted by Gasteiger charge is 2.14. The van der Waals surface area contributed by atoms with Crippen molar-refractivity contribution >= 4 is 23.3 Å². The Hall–Kier alpha value is -1.29. The lowest BCUT2D eigenvalue weighted by Gasteiger charge is -2.07. The third-order valence-electron chi connectivity index (χ3n) is 1.87. The van der Waals surface area contributed by atoms with E-state index in [0.717, 1.165) is 0 Å². The van der Waals surface area contributed by atoms with Gasteiger partial charge in [0.1, 0.15) is 5.82 Å². The Morgan fingerprint density at radius 2 is 2.27 bits per heavy atom. The number of anilines is 1. The SMILES string of the molecule is CCOC(=O)Cc1c(F)ccc(Cl)c1N. The minimum Gasteiger partial charge on any atom is -0.466 e. The van der Waals surface area contributed by atoms with Crippen LogP contribution in [0.2, 0.25) is 5.02 Å². The number of hydrogen-bond acceptors (Lipinski definition) is 3. The maximum Gasteiger partial charge on any atom is 0.310 e. The van der Waals surface area contributed by atoms with Gasteiger partial charge in [-0.2, -0.15) is 0 Å². The molecule has 1 aromatic rings. The van der Waals surface area contributed by atoms with Crippen LogP contribution in [0.4, 0.5) is 10.1 Å². The summed E-state index contributed by atoms with van der Waals surface area (Å²) in [4.78, 5) is 11.1. The van der Waals surface area contributed by atoms with Crippen molar-refractivity contribution in [2.24, 2.45) is 0 Å². The summed E-state index contributed by atoms with van der Waals surface area (Å²) in [7, 11) is 0. The molecule has 0 unspecified atom stereocenters. The molecule has 0 aliphatic rings. The number of hydrogen-bond donors (Lipinski definition) is 1. The molecule has 3 nitrogen and oxygen atoms in total. The van der Waals surface area contributed by atoms with Crippen molar-refractivity contribution in [2.75, 3.05) is 12.3 Å². The molecule has 0 fully saturated rings. The summed E-state index contributed by atoms with van der Waals surface area (Å²) in [6.45, 7) is 1.93. The minimum absolute atomic E-state index is 0.0842. The maximum absolute atomic E-state index is 13.3. The summed E-state index contributed by atoms with van der Waals surface area (Å²) < 4.78 is 18.0. The van der Waals surface area contributed by atoms with E-state index >= 15 is 0 Å². The first-order valence-corrected chi connectivity index (χ1v) is 4.82. The van der Waals surface area contributed by atoms with Crippen LogP contribution in [-0.2, 0) is 16.0 Å². The van der Waals surface area contributed by atoms with Crippen LogP contribution in [0, 0.1) is 5.82 Å². The maximum atomic E-state index is 13.3. The fraction of sp³-hybridized carbons (Fsp3) is 0.300. The molecule has 0 aromatic heterocycles. The molecule has 0 aliphatic carbocycles. The summed E-state index contributed by atoms with van der Waals surface area (Å²) in [6.07, 6.45) is -0.202. The number of ether oxygens (including phenoxy) is 1. The minimum atomic E-state index is -0.551. The van der Waals surface area contributed by atoms with Crippen molar-refractivity contribution in [1.82, 2.24) is 0 Å². The van der Waals surface area contributed by atoms with E-state index in [1.165, 1.54) is 12.1 Å². The fourth-order valence-corrected chi connectivity index (χ4v) is 1.32. The third-order valence-corrected chi connectivity index (χ3v) is 2.20. The first kappa shape index (κ1) is 11.8. The fourth-order valence-electron chi connectivity index (χ4n) is 1.15. The molecule has 0 bridgehead atoms. The van der Waals surface area contributed by atoms with Crippen LogP contribution in [0.25, 0.3) is 0 Å². The molecule has 15 heavy (non-hydrogen) atoms. The summed E-state index contributed by atoms with van der Waals surface area (Å²) in [5.41, 5.74) is 5.72. The number of esters is 1. The molecule has 0 amide bonds. The summed E-state index contributed by atoms with van der Waals surface area (Å²) in [6, 6.07) is 2.52. The molecule has 0 saturated carbocycles. The second-order valence-electron chi connectivity index (χ2n) is 2.90. The van der Waals surface area contributed by atoms with E-state index in [0.29, 0.717) is 0 Å². The van der Waals surface area contributed by atoms with E-state index in [1.807, 2.05) is 0 Å². The predicted molar refractivity (Wildman–Crippen MR) is 56.2 cm³/mol. The second-order valence-corrected chi connectivity index (χ2v) is 3.31. The van der Waals surface area contributed by atoms with E-state index in [2.05, 4.69) is 0 Å². The Labute approximate surface area is 92.0 Å². The van der Waals surface area contributed by atoms with Gasteiger partial charge in [-0.15, -0.1) is 0 Å². The lowest BCUT2D eigenvalue weighted by atomic mass is 10.1. The standard InChI is InChI=1S/C10H11ClFNO2/c1-2-15-9(14)5-6-8(12)4-3-7(11)10(6)13/h3-4H,2,5,13H2,1H3. The highest BCUT2D eigenvalue weighted by molar-refractivity contribution is 6.33. The second kappa shape index (κ2) is 4.98. The van der Waals surface area contributed by atoms with Crippen LogP contribution in [0.15, 0.2) is 12.1 Å². The van der Waals surface area contributed by atoms with Crippen molar-refractivity contribution in [2.45, 2.75) is 13.3 Å². The zero-order valence-electron chi connectivity index (χ0n) is 8.22. The summed E-state index contributed by atoms with van der Waals surface area (Å²) in [5, 5.41) is 0.232. The average Bonchev–Trinajstić information content (AvgIpc) is 2.19. The molecule has 1 aromatic carbocycles. The van der Waals surface area contributed by atoms with Crippen LogP contribution in [0.3, 0.4) is 0 Å². The first-order chi connectivity index (χ1) is 7.06. The van der Waals surface area contributed by atoms with E-state index in [4.69, 9.17) is 22.1 Å². The van der Waals surface area contributed by atoms with Gasteiger partial charge >= 0.3 is 5.97 Å². The number of nitrogen functional groups attached to an aromatic ring is 1. The van der Waals surface area contributed by atoms with E-state index < -0.39 is 11.8 Å². The van der Waals surface area contributed by atoms with Gasteiger partial charge in [0.05, 0.1) is 23.7 Å². The molecule has 2 N–H and O–H groups in total. The highest BCUT2D eigenvalue weighted by Crippen LogP contribution is 2.25. The highest BCUT2D eigenvalue weighted by atomic mass is 35.5. The molecule has 0 heterocycles. The van der Waals surface area contributed by atoms with E-state index in [1.54, 1.807) is 6.92 Å². The number of halogens is 2. The Bertz CT molecular complexity index is 382. The van der Waals surface area contributed by atoms with Crippen molar-refractivity contribution in [3.05, 3.63) is 28.5 Å². The zero-order chi connectivity index (χ0) is 11.4.